The number of rotatable bonds is 11. The van der Waals surface area contributed by atoms with Gasteiger partial charge in [0.15, 0.2) is 0 Å². The van der Waals surface area contributed by atoms with Gasteiger partial charge in [-0.05, 0) is 69.0 Å². The van der Waals surface area contributed by atoms with Crippen molar-refractivity contribution in [2.75, 3.05) is 13.2 Å². The fraction of sp³-hybridized carbons (Fsp3) is 0.304. The van der Waals surface area contributed by atoms with E-state index in [-0.39, 0.29) is 12.2 Å². The van der Waals surface area contributed by atoms with Crippen LogP contribution in [0.1, 0.15) is 32.6 Å². The number of nitrogens with one attached hydrogen (secondary N) is 1. The number of unbranched alkanes of at least 4 members (excludes halogenated alkanes) is 3. The maximum atomic E-state index is 11.4. The third-order valence-corrected chi connectivity index (χ3v) is 4.02. The van der Waals surface area contributed by atoms with Gasteiger partial charge in [-0.1, -0.05) is 24.8 Å². The predicted molar refractivity (Wildman–Crippen MR) is 115 cm³/mol. The largest absolute Gasteiger partial charge is 0.494 e. The van der Waals surface area contributed by atoms with Crippen molar-refractivity contribution in [2.24, 2.45) is 10.2 Å². The van der Waals surface area contributed by atoms with Gasteiger partial charge in [0, 0.05) is 5.57 Å². The van der Waals surface area contributed by atoms with Gasteiger partial charge in [0.1, 0.15) is 5.75 Å². The van der Waals surface area contributed by atoms with Crippen molar-refractivity contribution in [1.29, 1.82) is 0 Å². The maximum Gasteiger partial charge on any atom is 0.414 e. The van der Waals surface area contributed by atoms with E-state index in [0.717, 1.165) is 42.8 Å². The minimum atomic E-state index is -0.738. The molecule has 0 aliphatic heterocycles. The average molecular weight is 409 g/mol. The zero-order valence-electron chi connectivity index (χ0n) is 17.2. The summed E-state index contributed by atoms with van der Waals surface area (Å²) in [4.78, 5) is 22.6. The van der Waals surface area contributed by atoms with Gasteiger partial charge >= 0.3 is 6.09 Å². The molecule has 7 heteroatoms. The third-order valence-electron chi connectivity index (χ3n) is 4.02. The highest BCUT2D eigenvalue weighted by atomic mass is 16.5. The molecule has 2 aromatic rings. The van der Waals surface area contributed by atoms with E-state index in [9.17, 15) is 9.59 Å². The van der Waals surface area contributed by atoms with Gasteiger partial charge in [-0.15, -0.1) is 0 Å². The molecule has 0 radical (unpaired) electrons. The Balaban J connectivity index is 1.54. The molecule has 0 bridgehead atoms. The Kier molecular flexibility index (Phi) is 9.79. The lowest BCUT2D eigenvalue weighted by molar-refractivity contribution is -0.116. The molecule has 0 aliphatic carbocycles. The number of nitrogens with zero attached hydrogens (tertiary/aromatic N) is 2. The Hall–Kier alpha value is -3.48. The summed E-state index contributed by atoms with van der Waals surface area (Å²) in [5.41, 5.74) is 1.84. The Morgan fingerprint density at radius 3 is 2.10 bits per heavy atom. The standard InChI is InChI=1S/C23H27N3O4/c1-18(2)22(27)24-23(28)30-17-9-4-3-8-16-29-21-14-12-20(13-15-21)26-25-19-10-6-5-7-11-19/h5-7,10-15H,1,3-4,8-9,16-17H2,2H3,(H,24,27,28). The minimum absolute atomic E-state index is 0.262. The summed E-state index contributed by atoms with van der Waals surface area (Å²) in [7, 11) is 0. The summed E-state index contributed by atoms with van der Waals surface area (Å²) in [6.45, 7) is 5.86. The first-order chi connectivity index (χ1) is 14.5. The number of amides is 2. The second-order valence-electron chi connectivity index (χ2n) is 6.66. The molecule has 0 fully saturated rings. The van der Waals surface area contributed by atoms with Crippen LogP contribution in [0.15, 0.2) is 77.0 Å². The van der Waals surface area contributed by atoms with Crippen LogP contribution in [0.2, 0.25) is 0 Å². The topological polar surface area (TPSA) is 89.4 Å². The van der Waals surface area contributed by atoms with Crippen molar-refractivity contribution in [3.63, 3.8) is 0 Å². The summed E-state index contributed by atoms with van der Waals surface area (Å²) in [5.74, 6) is 0.264. The van der Waals surface area contributed by atoms with Crippen LogP contribution in [0, 0.1) is 0 Å². The van der Waals surface area contributed by atoms with Crippen LogP contribution < -0.4 is 10.1 Å². The van der Waals surface area contributed by atoms with Crippen LogP contribution in [0.3, 0.4) is 0 Å². The highest BCUT2D eigenvalue weighted by molar-refractivity contribution is 6.01. The molecule has 0 saturated heterocycles. The Labute approximate surface area is 176 Å². The zero-order valence-corrected chi connectivity index (χ0v) is 17.2. The van der Waals surface area contributed by atoms with Crippen molar-refractivity contribution in [2.45, 2.75) is 32.6 Å². The van der Waals surface area contributed by atoms with Gasteiger partial charge in [0.25, 0.3) is 5.91 Å². The number of ether oxygens (including phenoxy) is 2. The molecule has 0 unspecified atom stereocenters. The van der Waals surface area contributed by atoms with E-state index < -0.39 is 12.0 Å². The molecule has 2 rings (SSSR count). The van der Waals surface area contributed by atoms with Crippen LogP contribution >= 0.6 is 0 Å². The molecule has 0 heterocycles. The number of benzene rings is 2. The Morgan fingerprint density at radius 1 is 0.867 bits per heavy atom. The Morgan fingerprint density at radius 2 is 1.47 bits per heavy atom. The quantitative estimate of drug-likeness (QED) is 0.285. The summed E-state index contributed by atoms with van der Waals surface area (Å²) >= 11 is 0. The lowest BCUT2D eigenvalue weighted by Gasteiger charge is -2.07. The van der Waals surface area contributed by atoms with Crippen LogP contribution in [0.5, 0.6) is 5.75 Å². The van der Waals surface area contributed by atoms with E-state index in [1.54, 1.807) is 0 Å². The number of carbonyl (C=O) groups is 2. The van der Waals surface area contributed by atoms with Crippen molar-refractivity contribution < 1.29 is 19.1 Å². The van der Waals surface area contributed by atoms with Gasteiger partial charge in [0.2, 0.25) is 0 Å². The highest BCUT2D eigenvalue weighted by Gasteiger charge is 2.08. The number of imide groups is 1. The van der Waals surface area contributed by atoms with Crippen molar-refractivity contribution >= 4 is 23.4 Å². The zero-order chi connectivity index (χ0) is 21.6. The van der Waals surface area contributed by atoms with E-state index in [0.29, 0.717) is 6.61 Å². The summed E-state index contributed by atoms with van der Waals surface area (Å²) < 4.78 is 10.7. The molecule has 7 nitrogen and oxygen atoms in total. The first kappa shape index (κ1) is 22.8. The van der Waals surface area contributed by atoms with Gasteiger partial charge in [-0.2, -0.15) is 10.2 Å². The summed E-state index contributed by atoms with van der Waals surface area (Å²) in [6, 6.07) is 17.0. The van der Waals surface area contributed by atoms with E-state index in [1.807, 2.05) is 54.6 Å². The minimum Gasteiger partial charge on any atom is -0.494 e. The van der Waals surface area contributed by atoms with Gasteiger partial charge < -0.3 is 9.47 Å². The highest BCUT2D eigenvalue weighted by Crippen LogP contribution is 2.21. The van der Waals surface area contributed by atoms with Gasteiger partial charge in [0.05, 0.1) is 24.6 Å². The molecule has 2 amide bonds. The van der Waals surface area contributed by atoms with Crippen molar-refractivity contribution in [3.05, 3.63) is 66.7 Å². The first-order valence-corrected chi connectivity index (χ1v) is 9.88. The molecule has 30 heavy (non-hydrogen) atoms. The predicted octanol–water partition coefficient (Wildman–Crippen LogP) is 5.87. The molecule has 0 atom stereocenters. The monoisotopic (exact) mass is 409 g/mol. The van der Waals surface area contributed by atoms with E-state index in [1.165, 1.54) is 6.92 Å². The van der Waals surface area contributed by atoms with E-state index in [2.05, 4.69) is 22.1 Å². The van der Waals surface area contributed by atoms with Gasteiger partial charge in [-0.25, -0.2) is 4.79 Å². The normalized spacial score (nSPS) is 10.6. The maximum absolute atomic E-state index is 11.4. The van der Waals surface area contributed by atoms with Crippen LogP contribution in [0.4, 0.5) is 16.2 Å². The molecule has 0 spiro atoms. The van der Waals surface area contributed by atoms with E-state index >= 15 is 0 Å². The second-order valence-corrected chi connectivity index (χ2v) is 6.66. The molecule has 158 valence electrons. The smallest absolute Gasteiger partial charge is 0.414 e. The van der Waals surface area contributed by atoms with E-state index in [4.69, 9.17) is 9.47 Å². The van der Waals surface area contributed by atoms with Crippen LogP contribution in [-0.2, 0) is 9.53 Å². The van der Waals surface area contributed by atoms with Crippen LogP contribution in [-0.4, -0.2) is 25.2 Å². The number of carbonyl (C=O) groups excluding carboxylic acids is 2. The average Bonchev–Trinajstić information content (AvgIpc) is 2.75. The third kappa shape index (κ3) is 9.14. The number of hydrogen-bond acceptors (Lipinski definition) is 6. The van der Waals surface area contributed by atoms with Crippen LogP contribution in [0.25, 0.3) is 0 Å². The number of azo groups is 1. The summed E-state index contributed by atoms with van der Waals surface area (Å²) in [5, 5.41) is 10.5. The Bertz CT molecular complexity index is 849. The molecular formula is C23H27N3O4. The molecule has 2 aromatic carbocycles. The number of alkyl carbamates (subject to hydrolysis) is 1. The first-order valence-electron chi connectivity index (χ1n) is 9.88. The van der Waals surface area contributed by atoms with Crippen molar-refractivity contribution in [1.82, 2.24) is 5.32 Å². The van der Waals surface area contributed by atoms with Gasteiger partial charge in [-0.3, -0.25) is 10.1 Å². The molecular weight excluding hydrogens is 382 g/mol. The lowest BCUT2D eigenvalue weighted by atomic mass is 10.2. The number of hydrogen-bond donors (Lipinski definition) is 1. The second kappa shape index (κ2) is 12.9. The van der Waals surface area contributed by atoms with Crippen molar-refractivity contribution in [3.8, 4) is 5.75 Å². The SMILES string of the molecule is C=C(C)C(=O)NC(=O)OCCCCCCOc1ccc(N=Nc2ccccc2)cc1. The fourth-order valence-electron chi connectivity index (χ4n) is 2.37. The fourth-order valence-corrected chi connectivity index (χ4v) is 2.37. The summed E-state index contributed by atoms with van der Waals surface area (Å²) in [6.07, 6.45) is 2.76. The molecule has 1 N–H and O–H groups in total. The molecule has 0 aliphatic rings. The lowest BCUT2D eigenvalue weighted by Crippen LogP contribution is -2.31. The molecule has 0 aromatic heterocycles. The molecule has 0 saturated carbocycles.